The summed E-state index contributed by atoms with van der Waals surface area (Å²) in [5.41, 5.74) is 3.62. The number of halogens is 1. The van der Waals surface area contributed by atoms with Crippen LogP contribution in [0.25, 0.3) is 22.1 Å². The SMILES string of the molecule is COc1ccc(-c2cc(=O)oc3c4c(ccc23)OCN(CCc2cccc(F)c2)C4)cc1. The highest BCUT2D eigenvalue weighted by atomic mass is 19.1. The molecular weight excluding hydrogens is 409 g/mol. The average molecular weight is 431 g/mol. The number of methoxy groups -OCH3 is 1. The smallest absolute Gasteiger partial charge is 0.336 e. The standard InChI is InChI=1S/C26H22FNO4/c1-30-20-7-5-18(6-8-20)22-14-25(29)32-26-21(22)9-10-24-23(26)15-28(16-31-24)12-11-17-3-2-4-19(27)13-17/h2-10,13-14H,11-12,15-16H2,1H3. The van der Waals surface area contributed by atoms with Crippen LogP contribution < -0.4 is 15.1 Å². The highest BCUT2D eigenvalue weighted by Crippen LogP contribution is 2.36. The first-order valence-corrected chi connectivity index (χ1v) is 10.4. The third kappa shape index (κ3) is 3.97. The van der Waals surface area contributed by atoms with E-state index in [4.69, 9.17) is 13.9 Å². The molecule has 6 heteroatoms. The summed E-state index contributed by atoms with van der Waals surface area (Å²) in [6, 6.07) is 19.6. The average Bonchev–Trinajstić information content (AvgIpc) is 2.82. The van der Waals surface area contributed by atoms with E-state index in [1.165, 1.54) is 12.1 Å². The highest BCUT2D eigenvalue weighted by Gasteiger charge is 2.22. The first kappa shape index (κ1) is 20.3. The van der Waals surface area contributed by atoms with Crippen molar-refractivity contribution in [2.75, 3.05) is 20.4 Å². The molecule has 3 aromatic carbocycles. The van der Waals surface area contributed by atoms with Gasteiger partial charge in [-0.1, -0.05) is 24.3 Å². The summed E-state index contributed by atoms with van der Waals surface area (Å²) in [6.07, 6.45) is 0.697. The normalized spacial score (nSPS) is 13.6. The fourth-order valence-corrected chi connectivity index (χ4v) is 4.11. The minimum atomic E-state index is -0.409. The van der Waals surface area contributed by atoms with E-state index in [-0.39, 0.29) is 5.82 Å². The van der Waals surface area contributed by atoms with Gasteiger partial charge < -0.3 is 13.9 Å². The third-order valence-corrected chi connectivity index (χ3v) is 5.76. The van der Waals surface area contributed by atoms with Crippen LogP contribution in [-0.2, 0) is 13.0 Å². The topological polar surface area (TPSA) is 51.9 Å². The van der Waals surface area contributed by atoms with E-state index >= 15 is 0 Å². The lowest BCUT2D eigenvalue weighted by molar-refractivity contribution is 0.0967. The lowest BCUT2D eigenvalue weighted by Gasteiger charge is -2.29. The molecule has 1 aliphatic heterocycles. The number of fused-ring (bicyclic) bond motifs is 3. The van der Waals surface area contributed by atoms with Crippen LogP contribution in [0, 0.1) is 5.82 Å². The van der Waals surface area contributed by atoms with Gasteiger partial charge in [-0.15, -0.1) is 0 Å². The van der Waals surface area contributed by atoms with E-state index < -0.39 is 5.63 Å². The molecule has 5 nitrogen and oxygen atoms in total. The van der Waals surface area contributed by atoms with Crippen molar-refractivity contribution in [2.45, 2.75) is 13.0 Å². The zero-order valence-electron chi connectivity index (χ0n) is 17.6. The first-order chi connectivity index (χ1) is 15.6. The monoisotopic (exact) mass is 431 g/mol. The molecule has 162 valence electrons. The lowest BCUT2D eigenvalue weighted by atomic mass is 9.99. The van der Waals surface area contributed by atoms with E-state index in [0.29, 0.717) is 31.8 Å². The maximum absolute atomic E-state index is 13.5. The Morgan fingerprint density at radius 1 is 1.06 bits per heavy atom. The van der Waals surface area contributed by atoms with Gasteiger partial charge in [0.25, 0.3) is 0 Å². The van der Waals surface area contributed by atoms with Gasteiger partial charge in [0, 0.05) is 24.5 Å². The van der Waals surface area contributed by atoms with Crippen molar-refractivity contribution < 1.29 is 18.3 Å². The third-order valence-electron chi connectivity index (χ3n) is 5.76. The van der Waals surface area contributed by atoms with E-state index in [2.05, 4.69) is 4.90 Å². The molecule has 0 atom stereocenters. The molecule has 4 aromatic rings. The van der Waals surface area contributed by atoms with Crippen molar-refractivity contribution in [1.29, 1.82) is 0 Å². The Morgan fingerprint density at radius 2 is 1.91 bits per heavy atom. The van der Waals surface area contributed by atoms with E-state index in [0.717, 1.165) is 39.1 Å². The minimum Gasteiger partial charge on any atom is -0.497 e. The largest absolute Gasteiger partial charge is 0.497 e. The fraction of sp³-hybridized carbons (Fsp3) is 0.192. The second kappa shape index (κ2) is 8.48. The van der Waals surface area contributed by atoms with Crippen LogP contribution in [0.5, 0.6) is 11.5 Å². The van der Waals surface area contributed by atoms with Crippen molar-refractivity contribution >= 4 is 11.0 Å². The van der Waals surface area contributed by atoms with E-state index in [1.54, 1.807) is 19.2 Å². The Hall–Kier alpha value is -3.64. The molecule has 0 fully saturated rings. The second-order valence-corrected chi connectivity index (χ2v) is 7.83. The van der Waals surface area contributed by atoms with Crippen molar-refractivity contribution in [3.05, 3.63) is 94.1 Å². The van der Waals surface area contributed by atoms with E-state index in [9.17, 15) is 9.18 Å². The summed E-state index contributed by atoms with van der Waals surface area (Å²) in [5.74, 6) is 1.23. The van der Waals surface area contributed by atoms with Gasteiger partial charge in [-0.3, -0.25) is 4.90 Å². The van der Waals surface area contributed by atoms with Crippen molar-refractivity contribution in [2.24, 2.45) is 0 Å². The maximum atomic E-state index is 13.5. The van der Waals surface area contributed by atoms with Gasteiger partial charge in [0.1, 0.15) is 29.6 Å². The highest BCUT2D eigenvalue weighted by molar-refractivity contribution is 5.95. The summed E-state index contributed by atoms with van der Waals surface area (Å²) >= 11 is 0. The number of benzene rings is 3. The number of ether oxygens (including phenoxy) is 2. The zero-order valence-corrected chi connectivity index (χ0v) is 17.6. The Balaban J connectivity index is 1.48. The van der Waals surface area contributed by atoms with Gasteiger partial charge in [0.05, 0.1) is 12.7 Å². The molecular formula is C26H22FNO4. The lowest BCUT2D eigenvalue weighted by Crippen LogP contribution is -2.33. The van der Waals surface area contributed by atoms with Crippen LogP contribution in [0.4, 0.5) is 4.39 Å². The van der Waals surface area contributed by atoms with Crippen LogP contribution in [0.3, 0.4) is 0 Å². The van der Waals surface area contributed by atoms with Gasteiger partial charge in [0.2, 0.25) is 0 Å². The molecule has 0 spiro atoms. The minimum absolute atomic E-state index is 0.235. The number of hydrogen-bond donors (Lipinski definition) is 0. The molecule has 1 aromatic heterocycles. The van der Waals surface area contributed by atoms with Gasteiger partial charge >= 0.3 is 5.63 Å². The molecule has 0 N–H and O–H groups in total. The molecule has 1 aliphatic rings. The van der Waals surface area contributed by atoms with Crippen LogP contribution in [-0.4, -0.2) is 25.3 Å². The van der Waals surface area contributed by atoms with Gasteiger partial charge in [-0.2, -0.15) is 0 Å². The van der Waals surface area contributed by atoms with Crippen LogP contribution in [0.15, 0.2) is 75.9 Å². The summed E-state index contributed by atoms with van der Waals surface area (Å²) in [6.45, 7) is 1.70. The Labute approximate surface area is 184 Å². The number of nitrogens with zero attached hydrogens (tertiary/aromatic N) is 1. The van der Waals surface area contributed by atoms with Gasteiger partial charge in [-0.05, 0) is 59.5 Å². The number of rotatable bonds is 5. The molecule has 0 unspecified atom stereocenters. The van der Waals surface area contributed by atoms with Gasteiger partial charge in [-0.25, -0.2) is 9.18 Å². The van der Waals surface area contributed by atoms with Crippen molar-refractivity contribution in [3.63, 3.8) is 0 Å². The molecule has 0 amide bonds. The predicted octanol–water partition coefficient (Wildman–Crippen LogP) is 5.00. The van der Waals surface area contributed by atoms with Crippen LogP contribution >= 0.6 is 0 Å². The zero-order chi connectivity index (χ0) is 22.1. The molecule has 5 rings (SSSR count). The number of hydrogen-bond acceptors (Lipinski definition) is 5. The molecule has 2 heterocycles. The molecule has 0 radical (unpaired) electrons. The summed E-state index contributed by atoms with van der Waals surface area (Å²) in [7, 11) is 1.62. The molecule has 32 heavy (non-hydrogen) atoms. The predicted molar refractivity (Wildman–Crippen MR) is 120 cm³/mol. The molecule has 0 aliphatic carbocycles. The van der Waals surface area contributed by atoms with Crippen molar-refractivity contribution in [3.8, 4) is 22.6 Å². The second-order valence-electron chi connectivity index (χ2n) is 7.83. The first-order valence-electron chi connectivity index (χ1n) is 10.4. The molecule has 0 saturated carbocycles. The Morgan fingerprint density at radius 3 is 2.69 bits per heavy atom. The summed E-state index contributed by atoms with van der Waals surface area (Å²) in [4.78, 5) is 14.5. The summed E-state index contributed by atoms with van der Waals surface area (Å²) < 4.78 is 30.3. The van der Waals surface area contributed by atoms with E-state index in [1.807, 2.05) is 42.5 Å². The molecule has 0 bridgehead atoms. The molecule has 0 saturated heterocycles. The Kier molecular flexibility index (Phi) is 5.37. The fourth-order valence-electron chi connectivity index (χ4n) is 4.11. The quantitative estimate of drug-likeness (QED) is 0.416. The van der Waals surface area contributed by atoms with Crippen LogP contribution in [0.1, 0.15) is 11.1 Å². The summed E-state index contributed by atoms with van der Waals surface area (Å²) in [5, 5.41) is 0.851. The maximum Gasteiger partial charge on any atom is 0.336 e. The van der Waals surface area contributed by atoms with Crippen LogP contribution in [0.2, 0.25) is 0 Å². The van der Waals surface area contributed by atoms with Gasteiger partial charge in [0.15, 0.2) is 0 Å². The Bertz CT molecular complexity index is 1330. The van der Waals surface area contributed by atoms with Crippen molar-refractivity contribution in [1.82, 2.24) is 4.90 Å².